The van der Waals surface area contributed by atoms with E-state index in [1.54, 1.807) is 41.8 Å². The van der Waals surface area contributed by atoms with Gasteiger partial charge in [-0.25, -0.2) is 21.6 Å². The van der Waals surface area contributed by atoms with Crippen LogP contribution in [0.25, 0.3) is 38.1 Å². The Balaban J connectivity index is 1.68. The summed E-state index contributed by atoms with van der Waals surface area (Å²) in [7, 11) is -4.17. The lowest BCUT2D eigenvalue weighted by Gasteiger charge is -2.32. The van der Waals surface area contributed by atoms with E-state index < -0.39 is 27.7 Å². The summed E-state index contributed by atoms with van der Waals surface area (Å²) in [6.45, 7) is 9.60. The number of carbonyl (C=O) groups is 1. The Bertz CT molecular complexity index is 1940. The van der Waals surface area contributed by atoms with Gasteiger partial charge in [-0.3, -0.25) is 4.79 Å². The van der Waals surface area contributed by atoms with Gasteiger partial charge in [-0.15, -0.1) is 0 Å². The third-order valence-electron chi connectivity index (χ3n) is 7.58. The van der Waals surface area contributed by atoms with Gasteiger partial charge in [0.25, 0.3) is 10.0 Å². The third kappa shape index (κ3) is 4.21. The van der Waals surface area contributed by atoms with Gasteiger partial charge in [-0.05, 0) is 73.0 Å². The van der Waals surface area contributed by atoms with Crippen molar-refractivity contribution >= 4 is 43.2 Å². The van der Waals surface area contributed by atoms with E-state index in [9.17, 15) is 22.7 Å². The maximum absolute atomic E-state index is 14.7. The molecule has 1 saturated carbocycles. The monoisotopic (exact) mass is 570 g/mol. The zero-order valence-corrected chi connectivity index (χ0v) is 23.0. The van der Waals surface area contributed by atoms with Crippen LogP contribution in [0.4, 0.5) is 9.39 Å². The summed E-state index contributed by atoms with van der Waals surface area (Å²) in [6.07, 6.45) is 1.02. The van der Waals surface area contributed by atoms with Gasteiger partial charge in [0, 0.05) is 22.1 Å². The Morgan fingerprint density at radius 2 is 1.82 bits per heavy atom. The van der Waals surface area contributed by atoms with Crippen LogP contribution in [-0.2, 0) is 14.8 Å². The van der Waals surface area contributed by atoms with Crippen molar-refractivity contribution in [2.45, 2.75) is 30.6 Å². The quantitative estimate of drug-likeness (QED) is 0.211. The van der Waals surface area contributed by atoms with Crippen LogP contribution in [0.1, 0.15) is 29.9 Å². The topological polar surface area (TPSA) is 80.7 Å². The Labute approximate surface area is 234 Å². The maximum atomic E-state index is 14.7. The molecule has 0 radical (unpaired) electrons. The highest BCUT2D eigenvalue weighted by atomic mass is 32.2. The number of rotatable bonds is 6. The summed E-state index contributed by atoms with van der Waals surface area (Å²) in [5.41, 5.74) is 4.03. The number of aliphatic carboxylic acids is 1. The molecule has 2 heterocycles. The van der Waals surface area contributed by atoms with Gasteiger partial charge in [0.2, 0.25) is 5.00 Å². The molecule has 200 valence electrons. The van der Waals surface area contributed by atoms with E-state index in [0.717, 1.165) is 11.1 Å². The molecule has 40 heavy (non-hydrogen) atoms. The predicted octanol–water partition coefficient (Wildman–Crippen LogP) is 7.85. The van der Waals surface area contributed by atoms with Gasteiger partial charge in [0.05, 0.1) is 28.6 Å². The molecule has 1 aliphatic carbocycles. The second-order valence-corrected chi connectivity index (χ2v) is 12.7. The smallest absolute Gasteiger partial charge is 0.306 e. The molecule has 1 aliphatic rings. The van der Waals surface area contributed by atoms with Crippen LogP contribution in [0.2, 0.25) is 0 Å². The lowest BCUT2D eigenvalue weighted by molar-refractivity contribution is -0.145. The first-order valence-corrected chi connectivity index (χ1v) is 15.0. The van der Waals surface area contributed by atoms with Crippen molar-refractivity contribution in [2.75, 3.05) is 0 Å². The molecule has 1 fully saturated rings. The molecule has 1 N–H and O–H groups in total. The number of carboxylic acids is 1. The van der Waals surface area contributed by atoms with Crippen LogP contribution < -0.4 is 0 Å². The lowest BCUT2D eigenvalue weighted by atomic mass is 9.71. The minimum absolute atomic E-state index is 0.0356. The second-order valence-electron chi connectivity index (χ2n) is 10.0. The molecule has 0 saturated heterocycles. The Kier molecular flexibility index (Phi) is 6.32. The fraction of sp³-hybridized carbons (Fsp3) is 0.161. The number of halogens is 1. The Hall–Kier alpha value is -4.26. The first-order valence-electron chi connectivity index (χ1n) is 12.6. The van der Waals surface area contributed by atoms with Gasteiger partial charge in [0.1, 0.15) is 5.82 Å². The van der Waals surface area contributed by atoms with Crippen molar-refractivity contribution in [1.29, 1.82) is 0 Å². The third-order valence-corrected chi connectivity index (χ3v) is 10.1. The number of hydrogen-bond donors (Lipinski definition) is 1. The van der Waals surface area contributed by atoms with Gasteiger partial charge in [0.15, 0.2) is 0 Å². The van der Waals surface area contributed by atoms with Crippen molar-refractivity contribution in [2.24, 2.45) is 5.92 Å². The molecular weight excluding hydrogens is 547 g/mol. The van der Waals surface area contributed by atoms with E-state index in [2.05, 4.69) is 4.85 Å². The molecule has 2 aromatic heterocycles. The van der Waals surface area contributed by atoms with Gasteiger partial charge in [-0.2, -0.15) is 11.3 Å². The molecule has 6 nitrogen and oxygen atoms in total. The summed E-state index contributed by atoms with van der Waals surface area (Å²) >= 11 is 1.24. The molecule has 9 heteroatoms. The number of aryl methyl sites for hydroxylation is 1. The van der Waals surface area contributed by atoms with Crippen LogP contribution >= 0.6 is 11.3 Å². The average molecular weight is 571 g/mol. The van der Waals surface area contributed by atoms with E-state index in [4.69, 9.17) is 6.57 Å². The molecule has 0 spiro atoms. The zero-order valence-electron chi connectivity index (χ0n) is 21.3. The second kappa shape index (κ2) is 9.73. The zero-order chi connectivity index (χ0) is 28.2. The highest BCUT2D eigenvalue weighted by molar-refractivity contribution is 7.90. The molecule has 0 bridgehead atoms. The fourth-order valence-corrected chi connectivity index (χ4v) is 7.67. The normalized spacial score (nSPS) is 16.9. The van der Waals surface area contributed by atoms with Crippen molar-refractivity contribution in [1.82, 2.24) is 3.97 Å². The van der Waals surface area contributed by atoms with Crippen LogP contribution in [0, 0.1) is 25.2 Å². The first kappa shape index (κ1) is 26.0. The molecule has 0 aliphatic heterocycles. The van der Waals surface area contributed by atoms with Gasteiger partial charge in [-0.1, -0.05) is 42.0 Å². The van der Waals surface area contributed by atoms with Gasteiger partial charge < -0.3 is 5.11 Å². The van der Waals surface area contributed by atoms with E-state index in [0.29, 0.717) is 51.1 Å². The lowest BCUT2D eigenvalue weighted by Crippen LogP contribution is -2.28. The number of aromatic nitrogens is 1. The van der Waals surface area contributed by atoms with Crippen molar-refractivity contribution < 1.29 is 22.7 Å². The number of nitrogens with zero attached hydrogens (tertiary/aromatic N) is 2. The van der Waals surface area contributed by atoms with Crippen LogP contribution in [0.15, 0.2) is 83.1 Å². The fourth-order valence-electron chi connectivity index (χ4n) is 5.44. The number of thiophene rings is 1. The van der Waals surface area contributed by atoms with Crippen LogP contribution in [-0.4, -0.2) is 23.5 Å². The minimum Gasteiger partial charge on any atom is -0.481 e. The van der Waals surface area contributed by atoms with E-state index in [1.807, 2.05) is 25.1 Å². The number of hydrogen-bond acceptors (Lipinski definition) is 4. The largest absolute Gasteiger partial charge is 0.481 e. The predicted molar refractivity (Wildman–Crippen MR) is 154 cm³/mol. The molecule has 0 amide bonds. The van der Waals surface area contributed by atoms with Gasteiger partial charge >= 0.3 is 5.97 Å². The SMILES string of the molecule is [C-]#[N+]c1sccc1-c1c(-c2cccc(C3CC(C(=O)O)C3)c2)n(S(=O)(=O)c2ccc(C)cc2)c2ccc(F)cc12. The van der Waals surface area contributed by atoms with E-state index in [-0.39, 0.29) is 10.8 Å². The highest BCUT2D eigenvalue weighted by Crippen LogP contribution is 2.49. The van der Waals surface area contributed by atoms with Crippen molar-refractivity contribution in [3.05, 3.63) is 107 Å². The summed E-state index contributed by atoms with van der Waals surface area (Å²) in [5, 5.41) is 11.9. The molecule has 6 rings (SSSR count). The van der Waals surface area contributed by atoms with Crippen molar-refractivity contribution in [3.63, 3.8) is 0 Å². The summed E-state index contributed by atoms with van der Waals surface area (Å²) in [5.74, 6) is -1.70. The summed E-state index contributed by atoms with van der Waals surface area (Å²) in [6, 6.07) is 19.8. The Morgan fingerprint density at radius 3 is 2.52 bits per heavy atom. The van der Waals surface area contributed by atoms with E-state index >= 15 is 0 Å². The number of fused-ring (bicyclic) bond motifs is 1. The maximum Gasteiger partial charge on any atom is 0.306 e. The molecule has 0 unspecified atom stereocenters. The Morgan fingerprint density at radius 1 is 1.07 bits per heavy atom. The first-order chi connectivity index (χ1) is 19.2. The summed E-state index contributed by atoms with van der Waals surface area (Å²) in [4.78, 5) is 15.1. The standard InChI is InChI=1S/C31H23FN2O4S2/c1-18-6-9-24(10-7-18)40(37,38)34-27-11-8-23(32)17-26(27)28(25-12-13-39-30(25)33-2)29(34)20-5-3-4-19(14-20)21-15-22(16-21)31(35)36/h3-14,17,21-22H,15-16H2,1H3,(H,35,36). The van der Waals surface area contributed by atoms with Crippen LogP contribution in [0.5, 0.6) is 0 Å². The van der Waals surface area contributed by atoms with Crippen LogP contribution in [0.3, 0.4) is 0 Å². The highest BCUT2D eigenvalue weighted by Gasteiger charge is 2.36. The number of carboxylic acid groups (broad SMARTS) is 1. The van der Waals surface area contributed by atoms with E-state index in [1.165, 1.54) is 33.5 Å². The molecular formula is C31H23FN2O4S2. The average Bonchev–Trinajstić information content (AvgIpc) is 3.50. The molecule has 5 aromatic rings. The molecule has 3 aromatic carbocycles. The van der Waals surface area contributed by atoms with Crippen molar-refractivity contribution in [3.8, 4) is 22.4 Å². The number of benzene rings is 3. The summed E-state index contributed by atoms with van der Waals surface area (Å²) < 4.78 is 44.6. The minimum atomic E-state index is -4.17. The molecule has 0 atom stereocenters.